The molecule has 1 heterocycles. The summed E-state index contributed by atoms with van der Waals surface area (Å²) in [5, 5.41) is 10.9. The third-order valence-corrected chi connectivity index (χ3v) is 4.30. The first-order chi connectivity index (χ1) is 7.22. The summed E-state index contributed by atoms with van der Waals surface area (Å²) >= 11 is 1.79. The molecule has 82 valence electrons. The molecule has 0 radical (unpaired) electrons. The minimum Gasteiger partial charge on any atom is -0.481 e. The summed E-state index contributed by atoms with van der Waals surface area (Å²) in [6.07, 6.45) is 3.05. The Labute approximate surface area is 93.9 Å². The van der Waals surface area contributed by atoms with E-state index in [1.165, 1.54) is 4.88 Å². The summed E-state index contributed by atoms with van der Waals surface area (Å²) in [6, 6.07) is 4.24. The van der Waals surface area contributed by atoms with Gasteiger partial charge in [-0.1, -0.05) is 13.0 Å². The van der Waals surface area contributed by atoms with Crippen LogP contribution in [0.3, 0.4) is 0 Å². The van der Waals surface area contributed by atoms with Crippen LogP contribution >= 0.6 is 11.3 Å². The average Bonchev–Trinajstić information content (AvgIpc) is 2.78. The van der Waals surface area contributed by atoms with E-state index >= 15 is 0 Å². The fourth-order valence-corrected chi connectivity index (χ4v) is 3.11. The molecule has 1 aromatic heterocycles. The third-order valence-electron chi connectivity index (χ3n) is 3.27. The monoisotopic (exact) mass is 224 g/mol. The van der Waals surface area contributed by atoms with Crippen LogP contribution in [-0.4, -0.2) is 11.1 Å². The minimum atomic E-state index is -0.610. The van der Waals surface area contributed by atoms with Crippen molar-refractivity contribution in [2.75, 3.05) is 0 Å². The molecule has 1 fully saturated rings. The highest BCUT2D eigenvalue weighted by atomic mass is 32.1. The van der Waals surface area contributed by atoms with Crippen LogP contribution in [0.2, 0.25) is 0 Å². The van der Waals surface area contributed by atoms with Crippen molar-refractivity contribution in [1.29, 1.82) is 0 Å². The van der Waals surface area contributed by atoms with E-state index in [1.54, 1.807) is 11.3 Å². The largest absolute Gasteiger partial charge is 0.481 e. The highest BCUT2D eigenvalue weighted by Crippen LogP contribution is 2.46. The Morgan fingerprint density at radius 3 is 3.00 bits per heavy atom. The van der Waals surface area contributed by atoms with Gasteiger partial charge in [-0.25, -0.2) is 0 Å². The lowest BCUT2D eigenvalue weighted by molar-refractivity contribution is -0.138. The van der Waals surface area contributed by atoms with Crippen LogP contribution in [0.4, 0.5) is 0 Å². The maximum atomic E-state index is 10.7. The lowest BCUT2D eigenvalue weighted by atomic mass is 9.97. The maximum Gasteiger partial charge on any atom is 0.306 e. The molecule has 0 amide bonds. The minimum absolute atomic E-state index is 0.0565. The van der Waals surface area contributed by atoms with Crippen molar-refractivity contribution in [2.24, 2.45) is 11.8 Å². The fourth-order valence-electron chi connectivity index (χ4n) is 2.18. The van der Waals surface area contributed by atoms with Crippen molar-refractivity contribution in [3.05, 3.63) is 22.4 Å². The van der Waals surface area contributed by atoms with Crippen LogP contribution in [0, 0.1) is 11.8 Å². The van der Waals surface area contributed by atoms with Gasteiger partial charge in [-0.15, -0.1) is 11.3 Å². The molecule has 1 saturated carbocycles. The number of hydrogen-bond acceptors (Lipinski definition) is 2. The maximum absolute atomic E-state index is 10.7. The van der Waals surface area contributed by atoms with Gasteiger partial charge in [-0.3, -0.25) is 4.79 Å². The first-order valence-electron chi connectivity index (χ1n) is 5.48. The molecule has 1 aliphatic carbocycles. The standard InChI is InChI=1S/C12H16O2S/c1-2-8(11-4-3-5-15-11)6-9-7-10(9)12(13)14/h3-5,8-10H,2,6-7H2,1H3,(H,13,14). The van der Waals surface area contributed by atoms with E-state index in [0.717, 1.165) is 19.3 Å². The fraction of sp³-hybridized carbons (Fsp3) is 0.583. The summed E-state index contributed by atoms with van der Waals surface area (Å²) in [5.41, 5.74) is 0. The second-order valence-electron chi connectivity index (χ2n) is 4.30. The van der Waals surface area contributed by atoms with Gasteiger partial charge in [0.2, 0.25) is 0 Å². The molecule has 1 aromatic rings. The summed E-state index contributed by atoms with van der Waals surface area (Å²) in [6.45, 7) is 2.18. The van der Waals surface area contributed by atoms with Gasteiger partial charge in [0.25, 0.3) is 0 Å². The molecule has 0 aliphatic heterocycles. The summed E-state index contributed by atoms with van der Waals surface area (Å²) in [7, 11) is 0. The number of carboxylic acids is 1. The van der Waals surface area contributed by atoms with Crippen molar-refractivity contribution >= 4 is 17.3 Å². The zero-order chi connectivity index (χ0) is 10.8. The predicted octanol–water partition coefficient (Wildman–Crippen LogP) is 3.35. The molecule has 1 N–H and O–H groups in total. The van der Waals surface area contributed by atoms with Gasteiger partial charge in [0.15, 0.2) is 0 Å². The van der Waals surface area contributed by atoms with Crippen LogP contribution < -0.4 is 0 Å². The van der Waals surface area contributed by atoms with E-state index in [2.05, 4.69) is 24.4 Å². The Morgan fingerprint density at radius 2 is 2.53 bits per heavy atom. The molecule has 2 nitrogen and oxygen atoms in total. The molecular weight excluding hydrogens is 208 g/mol. The topological polar surface area (TPSA) is 37.3 Å². The van der Waals surface area contributed by atoms with Crippen LogP contribution in [0.25, 0.3) is 0 Å². The van der Waals surface area contributed by atoms with Gasteiger partial charge in [0.05, 0.1) is 5.92 Å². The molecule has 0 spiro atoms. The van der Waals surface area contributed by atoms with E-state index in [-0.39, 0.29) is 5.92 Å². The van der Waals surface area contributed by atoms with Crippen LogP contribution in [0.1, 0.15) is 37.0 Å². The molecular formula is C12H16O2S. The third kappa shape index (κ3) is 2.40. The normalized spacial score (nSPS) is 26.2. The van der Waals surface area contributed by atoms with Crippen LogP contribution in [0.15, 0.2) is 17.5 Å². The van der Waals surface area contributed by atoms with E-state index in [0.29, 0.717) is 11.8 Å². The van der Waals surface area contributed by atoms with E-state index < -0.39 is 5.97 Å². The highest BCUT2D eigenvalue weighted by Gasteiger charge is 2.43. The lowest BCUT2D eigenvalue weighted by Crippen LogP contribution is -2.02. The Morgan fingerprint density at radius 1 is 1.73 bits per heavy atom. The Balaban J connectivity index is 1.91. The van der Waals surface area contributed by atoms with Crippen molar-refractivity contribution in [1.82, 2.24) is 0 Å². The van der Waals surface area contributed by atoms with Gasteiger partial charge < -0.3 is 5.11 Å². The Kier molecular flexibility index (Phi) is 3.10. The Bertz CT molecular complexity index is 331. The number of rotatable bonds is 5. The van der Waals surface area contributed by atoms with Gasteiger partial charge in [-0.2, -0.15) is 0 Å². The molecule has 0 aromatic carbocycles. The van der Waals surface area contributed by atoms with Gasteiger partial charge in [0, 0.05) is 4.88 Å². The van der Waals surface area contributed by atoms with Crippen molar-refractivity contribution in [3.63, 3.8) is 0 Å². The zero-order valence-corrected chi connectivity index (χ0v) is 9.67. The number of hydrogen-bond donors (Lipinski definition) is 1. The number of aliphatic carboxylic acids is 1. The SMILES string of the molecule is CCC(CC1CC1C(=O)O)c1cccs1. The van der Waals surface area contributed by atoms with E-state index in [1.807, 2.05) is 0 Å². The quantitative estimate of drug-likeness (QED) is 0.832. The molecule has 1 aliphatic rings. The first kappa shape index (κ1) is 10.7. The van der Waals surface area contributed by atoms with Crippen LogP contribution in [-0.2, 0) is 4.79 Å². The molecule has 3 atom stereocenters. The zero-order valence-electron chi connectivity index (χ0n) is 8.85. The van der Waals surface area contributed by atoms with Crippen molar-refractivity contribution in [2.45, 2.75) is 32.1 Å². The summed E-state index contributed by atoms with van der Waals surface area (Å²) < 4.78 is 0. The van der Waals surface area contributed by atoms with Crippen molar-refractivity contribution in [3.8, 4) is 0 Å². The number of carbonyl (C=O) groups is 1. The first-order valence-corrected chi connectivity index (χ1v) is 6.36. The van der Waals surface area contributed by atoms with E-state index in [4.69, 9.17) is 5.11 Å². The smallest absolute Gasteiger partial charge is 0.306 e. The van der Waals surface area contributed by atoms with Gasteiger partial charge in [-0.05, 0) is 42.5 Å². The number of thiophene rings is 1. The molecule has 15 heavy (non-hydrogen) atoms. The summed E-state index contributed by atoms with van der Waals surface area (Å²) in [5.74, 6) is 0.328. The summed E-state index contributed by atoms with van der Waals surface area (Å²) in [4.78, 5) is 12.1. The average molecular weight is 224 g/mol. The lowest BCUT2D eigenvalue weighted by Gasteiger charge is -2.11. The Hall–Kier alpha value is -0.830. The van der Waals surface area contributed by atoms with Crippen molar-refractivity contribution < 1.29 is 9.90 Å². The molecule has 3 unspecified atom stereocenters. The second-order valence-corrected chi connectivity index (χ2v) is 5.28. The molecule has 0 bridgehead atoms. The second kappa shape index (κ2) is 4.35. The molecule has 3 heteroatoms. The van der Waals surface area contributed by atoms with E-state index in [9.17, 15) is 4.79 Å². The molecule has 2 rings (SSSR count). The number of carboxylic acid groups (broad SMARTS) is 1. The predicted molar refractivity (Wildman–Crippen MR) is 61.2 cm³/mol. The molecule has 0 saturated heterocycles. The van der Waals surface area contributed by atoms with Gasteiger partial charge in [0.1, 0.15) is 0 Å². The highest BCUT2D eigenvalue weighted by molar-refractivity contribution is 7.10. The van der Waals surface area contributed by atoms with Gasteiger partial charge >= 0.3 is 5.97 Å². The van der Waals surface area contributed by atoms with Crippen LogP contribution in [0.5, 0.6) is 0 Å².